The van der Waals surface area contributed by atoms with Crippen molar-refractivity contribution in [3.63, 3.8) is 0 Å². The molecule has 4 rings (SSSR count). The van der Waals surface area contributed by atoms with E-state index >= 15 is 0 Å². The molecule has 114 valence electrons. The molecule has 23 heavy (non-hydrogen) atoms. The Labute approximate surface area is 136 Å². The van der Waals surface area contributed by atoms with Gasteiger partial charge in [0.25, 0.3) is 0 Å². The van der Waals surface area contributed by atoms with Gasteiger partial charge < -0.3 is 5.32 Å². The van der Waals surface area contributed by atoms with Crippen molar-refractivity contribution in [2.75, 3.05) is 5.32 Å². The molecule has 1 fully saturated rings. The summed E-state index contributed by atoms with van der Waals surface area (Å²) < 4.78 is 1.58. The van der Waals surface area contributed by atoms with Gasteiger partial charge in [0.15, 0.2) is 5.69 Å². The van der Waals surface area contributed by atoms with E-state index in [0.29, 0.717) is 16.3 Å². The summed E-state index contributed by atoms with van der Waals surface area (Å²) in [5.41, 5.74) is 2.64. The number of rotatable bonds is 3. The molecule has 0 aliphatic heterocycles. The minimum atomic E-state index is 0.0812. The smallest absolute Gasteiger partial charge is 0.227 e. The predicted octanol–water partition coefficient (Wildman–Crippen LogP) is 2.99. The lowest BCUT2D eigenvalue weighted by molar-refractivity contribution is -0.117. The number of carbonyl (C=O) groups is 1. The standard InChI is InChI=1S/C16H13N5OS/c1-9-20-21-13(8-17)14(19-16(21)23-9)10-4-6-12(7-5-10)18-15(22)11-2-3-11/h4-7,11H,2-3H2,1H3,(H,18,22). The maximum absolute atomic E-state index is 11.8. The molecule has 7 heteroatoms. The first-order valence-corrected chi connectivity index (χ1v) is 8.15. The number of benzene rings is 1. The van der Waals surface area contributed by atoms with Crippen molar-refractivity contribution in [1.82, 2.24) is 14.6 Å². The third kappa shape index (κ3) is 2.47. The van der Waals surface area contributed by atoms with Crippen molar-refractivity contribution in [2.24, 2.45) is 5.92 Å². The number of nitrogens with zero attached hydrogens (tertiary/aromatic N) is 4. The Bertz CT molecular complexity index is 943. The third-order valence-electron chi connectivity index (χ3n) is 3.78. The third-order valence-corrected chi connectivity index (χ3v) is 4.61. The molecule has 1 amide bonds. The maximum Gasteiger partial charge on any atom is 0.227 e. The van der Waals surface area contributed by atoms with Gasteiger partial charge in [0.2, 0.25) is 10.9 Å². The average Bonchev–Trinajstić information content (AvgIpc) is 3.25. The number of fused-ring (bicyclic) bond motifs is 1. The van der Waals surface area contributed by atoms with Crippen molar-refractivity contribution < 1.29 is 4.79 Å². The number of hydrogen-bond acceptors (Lipinski definition) is 5. The molecular weight excluding hydrogens is 310 g/mol. The summed E-state index contributed by atoms with van der Waals surface area (Å²) >= 11 is 1.45. The summed E-state index contributed by atoms with van der Waals surface area (Å²) in [7, 11) is 0. The van der Waals surface area contributed by atoms with E-state index in [1.807, 2.05) is 31.2 Å². The fraction of sp³-hybridized carbons (Fsp3) is 0.250. The van der Waals surface area contributed by atoms with E-state index < -0.39 is 0 Å². The highest BCUT2D eigenvalue weighted by Crippen LogP contribution is 2.31. The molecule has 1 saturated carbocycles. The van der Waals surface area contributed by atoms with Gasteiger partial charge in [-0.05, 0) is 31.9 Å². The van der Waals surface area contributed by atoms with Gasteiger partial charge in [-0.25, -0.2) is 4.98 Å². The summed E-state index contributed by atoms with van der Waals surface area (Å²) in [6, 6.07) is 9.58. The number of aryl methyl sites for hydroxylation is 1. The van der Waals surface area contributed by atoms with Gasteiger partial charge in [-0.15, -0.1) is 0 Å². The highest BCUT2D eigenvalue weighted by Gasteiger charge is 2.29. The first-order chi connectivity index (χ1) is 11.2. The van der Waals surface area contributed by atoms with Gasteiger partial charge in [0.1, 0.15) is 16.8 Å². The summed E-state index contributed by atoms with van der Waals surface area (Å²) in [6.45, 7) is 1.89. The molecule has 0 radical (unpaired) electrons. The number of anilines is 1. The summed E-state index contributed by atoms with van der Waals surface area (Å²) in [5, 5.41) is 17.5. The largest absolute Gasteiger partial charge is 0.326 e. The molecule has 0 spiro atoms. The molecular formula is C16H13N5OS. The number of hydrogen-bond donors (Lipinski definition) is 1. The first kappa shape index (κ1) is 13.9. The lowest BCUT2D eigenvalue weighted by atomic mass is 10.1. The SMILES string of the molecule is Cc1nn2c(C#N)c(-c3ccc(NC(=O)C4CC4)cc3)nc2s1. The van der Waals surface area contributed by atoms with E-state index in [4.69, 9.17) is 0 Å². The number of carbonyl (C=O) groups excluding carboxylic acids is 1. The van der Waals surface area contributed by atoms with Gasteiger partial charge >= 0.3 is 0 Å². The van der Waals surface area contributed by atoms with E-state index in [0.717, 1.165) is 29.1 Å². The summed E-state index contributed by atoms with van der Waals surface area (Å²) in [6.07, 6.45) is 1.96. The van der Waals surface area contributed by atoms with Gasteiger partial charge in [0.05, 0.1) is 0 Å². The Morgan fingerprint density at radius 2 is 2.13 bits per heavy atom. The number of nitrogens with one attached hydrogen (secondary N) is 1. The lowest BCUT2D eigenvalue weighted by Gasteiger charge is -2.05. The molecule has 0 bridgehead atoms. The van der Waals surface area contributed by atoms with Gasteiger partial charge in [-0.2, -0.15) is 14.9 Å². The van der Waals surface area contributed by atoms with Crippen LogP contribution in [0.5, 0.6) is 0 Å². The highest BCUT2D eigenvalue weighted by atomic mass is 32.1. The van der Waals surface area contributed by atoms with E-state index in [1.165, 1.54) is 11.3 Å². The van der Waals surface area contributed by atoms with E-state index in [-0.39, 0.29) is 11.8 Å². The van der Waals surface area contributed by atoms with E-state index in [9.17, 15) is 10.1 Å². The molecule has 2 heterocycles. The summed E-state index contributed by atoms with van der Waals surface area (Å²) in [4.78, 5) is 17.0. The van der Waals surface area contributed by atoms with Gasteiger partial charge in [-0.3, -0.25) is 4.79 Å². The molecule has 1 aliphatic rings. The average molecular weight is 323 g/mol. The van der Waals surface area contributed by atoms with Crippen LogP contribution in [0.2, 0.25) is 0 Å². The van der Waals surface area contributed by atoms with Crippen LogP contribution in [0.3, 0.4) is 0 Å². The van der Waals surface area contributed by atoms with Crippen LogP contribution in [-0.2, 0) is 4.79 Å². The molecule has 6 nitrogen and oxygen atoms in total. The number of imidazole rings is 1. The Morgan fingerprint density at radius 1 is 1.39 bits per heavy atom. The van der Waals surface area contributed by atoms with E-state index in [2.05, 4.69) is 21.5 Å². The maximum atomic E-state index is 11.8. The minimum Gasteiger partial charge on any atom is -0.326 e. The van der Waals surface area contributed by atoms with Crippen LogP contribution in [0, 0.1) is 24.2 Å². The second-order valence-electron chi connectivity index (χ2n) is 5.58. The van der Waals surface area contributed by atoms with Crippen LogP contribution >= 0.6 is 11.3 Å². The second-order valence-corrected chi connectivity index (χ2v) is 6.74. The molecule has 1 aliphatic carbocycles. The lowest BCUT2D eigenvalue weighted by Crippen LogP contribution is -2.12. The molecule has 1 aromatic carbocycles. The fourth-order valence-electron chi connectivity index (χ4n) is 2.45. The van der Waals surface area contributed by atoms with Crippen LogP contribution in [0.1, 0.15) is 23.5 Å². The highest BCUT2D eigenvalue weighted by molar-refractivity contribution is 7.16. The van der Waals surface area contributed by atoms with Crippen molar-refractivity contribution in [1.29, 1.82) is 5.26 Å². The zero-order valence-electron chi connectivity index (χ0n) is 12.4. The van der Waals surface area contributed by atoms with Crippen LogP contribution in [0.25, 0.3) is 16.2 Å². The van der Waals surface area contributed by atoms with Gasteiger partial charge in [-0.1, -0.05) is 23.5 Å². The molecule has 3 aromatic rings. The zero-order chi connectivity index (χ0) is 16.0. The Balaban J connectivity index is 1.66. The van der Waals surface area contributed by atoms with Crippen molar-refractivity contribution in [3.05, 3.63) is 35.0 Å². The molecule has 0 saturated heterocycles. The molecule has 0 atom stereocenters. The molecule has 0 unspecified atom stereocenters. The van der Waals surface area contributed by atoms with Crippen LogP contribution in [-0.4, -0.2) is 20.5 Å². The number of amides is 1. The topological polar surface area (TPSA) is 83.1 Å². The van der Waals surface area contributed by atoms with Gasteiger partial charge in [0, 0.05) is 17.2 Å². The molecule has 1 N–H and O–H groups in total. The van der Waals surface area contributed by atoms with Crippen LogP contribution in [0.4, 0.5) is 5.69 Å². The predicted molar refractivity (Wildman–Crippen MR) is 87.1 cm³/mol. The van der Waals surface area contributed by atoms with Crippen molar-refractivity contribution >= 4 is 27.9 Å². The van der Waals surface area contributed by atoms with Crippen LogP contribution in [0.15, 0.2) is 24.3 Å². The molecule has 2 aromatic heterocycles. The summed E-state index contributed by atoms with van der Waals surface area (Å²) in [5.74, 6) is 0.256. The first-order valence-electron chi connectivity index (χ1n) is 7.33. The number of nitriles is 1. The zero-order valence-corrected chi connectivity index (χ0v) is 13.2. The minimum absolute atomic E-state index is 0.0812. The second kappa shape index (κ2) is 5.18. The van der Waals surface area contributed by atoms with Crippen molar-refractivity contribution in [3.8, 4) is 17.3 Å². The fourth-order valence-corrected chi connectivity index (χ4v) is 3.19. The van der Waals surface area contributed by atoms with Crippen LogP contribution < -0.4 is 5.32 Å². The monoisotopic (exact) mass is 323 g/mol. The van der Waals surface area contributed by atoms with Crippen molar-refractivity contribution in [2.45, 2.75) is 19.8 Å². The Kier molecular flexibility index (Phi) is 3.13. The Hall–Kier alpha value is -2.72. The Morgan fingerprint density at radius 3 is 2.78 bits per heavy atom. The van der Waals surface area contributed by atoms with E-state index in [1.54, 1.807) is 4.52 Å². The quantitative estimate of drug-likeness (QED) is 0.803. The normalized spacial score (nSPS) is 13.9. The number of aromatic nitrogens is 3.